The zero-order chi connectivity index (χ0) is 21.6. The summed E-state index contributed by atoms with van der Waals surface area (Å²) >= 11 is 0. The molecule has 0 aromatic heterocycles. The highest BCUT2D eigenvalue weighted by Crippen LogP contribution is 2.19. The van der Waals surface area contributed by atoms with Gasteiger partial charge in [-0.05, 0) is 70.2 Å². The topological polar surface area (TPSA) is 108 Å². The third kappa shape index (κ3) is 6.53. The molecule has 0 atom stereocenters. The van der Waals surface area contributed by atoms with Gasteiger partial charge in [-0.3, -0.25) is 15.0 Å². The Morgan fingerprint density at radius 1 is 1.00 bits per heavy atom. The van der Waals surface area contributed by atoms with E-state index in [1.54, 1.807) is 70.2 Å². The molecule has 0 aliphatic rings. The van der Waals surface area contributed by atoms with Crippen LogP contribution in [0.2, 0.25) is 0 Å². The molecule has 154 valence electrons. The molecule has 3 amide bonds. The molecule has 0 saturated carbocycles. The lowest BCUT2D eigenvalue weighted by Gasteiger charge is -2.19. The van der Waals surface area contributed by atoms with Crippen molar-refractivity contribution in [2.45, 2.75) is 33.3 Å². The number of anilines is 3. The molecule has 2 aromatic carbocycles. The van der Waals surface area contributed by atoms with E-state index < -0.39 is 17.8 Å². The fraction of sp³-hybridized carbons (Fsp3) is 0.286. The number of nitrogens with one attached hydrogen (secondary N) is 2. The van der Waals surface area contributed by atoms with E-state index in [1.807, 2.05) is 0 Å². The quantitative estimate of drug-likeness (QED) is 0.670. The SMILES string of the molecule is CCN(C(=O)O)c1cccc(C(=O)Nc2ccc(NC(=O)OC(C)(C)C)cc2)c1. The van der Waals surface area contributed by atoms with Crippen molar-refractivity contribution in [1.29, 1.82) is 0 Å². The van der Waals surface area contributed by atoms with E-state index in [-0.39, 0.29) is 12.5 Å². The molecule has 0 aliphatic heterocycles. The molecule has 0 unspecified atom stereocenters. The summed E-state index contributed by atoms with van der Waals surface area (Å²) in [7, 11) is 0. The van der Waals surface area contributed by atoms with Crippen LogP contribution in [0.15, 0.2) is 48.5 Å². The van der Waals surface area contributed by atoms with Gasteiger partial charge in [-0.1, -0.05) is 6.07 Å². The van der Waals surface area contributed by atoms with E-state index in [9.17, 15) is 19.5 Å². The standard InChI is InChI=1S/C21H25N3O5/c1-5-24(20(27)28)17-8-6-7-14(13-17)18(25)22-15-9-11-16(12-10-15)23-19(26)29-21(2,3)4/h6-13H,5H2,1-4H3,(H,22,25)(H,23,26)(H,27,28). The third-order valence-electron chi connectivity index (χ3n) is 3.76. The number of rotatable bonds is 5. The van der Waals surface area contributed by atoms with Crippen molar-refractivity contribution in [1.82, 2.24) is 0 Å². The molecule has 0 aliphatic carbocycles. The Labute approximate surface area is 169 Å². The lowest BCUT2D eigenvalue weighted by Crippen LogP contribution is -2.28. The molecule has 0 spiro atoms. The molecule has 0 saturated heterocycles. The molecule has 29 heavy (non-hydrogen) atoms. The van der Waals surface area contributed by atoms with E-state index >= 15 is 0 Å². The van der Waals surface area contributed by atoms with Crippen molar-refractivity contribution in [3.63, 3.8) is 0 Å². The summed E-state index contributed by atoms with van der Waals surface area (Å²) in [5, 5.41) is 14.6. The molecule has 2 rings (SSSR count). The van der Waals surface area contributed by atoms with Crippen LogP contribution in [0.3, 0.4) is 0 Å². The van der Waals surface area contributed by atoms with Gasteiger partial charge in [0.2, 0.25) is 0 Å². The second-order valence-corrected chi connectivity index (χ2v) is 7.24. The molecule has 8 nitrogen and oxygen atoms in total. The minimum atomic E-state index is -1.09. The van der Waals surface area contributed by atoms with Crippen molar-refractivity contribution in [3.05, 3.63) is 54.1 Å². The van der Waals surface area contributed by atoms with E-state index in [1.165, 1.54) is 6.07 Å². The molecule has 0 fully saturated rings. The molecular weight excluding hydrogens is 374 g/mol. The van der Waals surface area contributed by atoms with Crippen molar-refractivity contribution in [2.75, 3.05) is 22.1 Å². The monoisotopic (exact) mass is 399 g/mol. The number of carbonyl (C=O) groups is 3. The Bertz CT molecular complexity index is 888. The maximum atomic E-state index is 12.5. The first-order valence-electron chi connectivity index (χ1n) is 9.11. The number of hydrogen-bond donors (Lipinski definition) is 3. The van der Waals surface area contributed by atoms with Crippen LogP contribution >= 0.6 is 0 Å². The molecule has 0 radical (unpaired) electrons. The molecule has 0 bridgehead atoms. The Kier molecular flexibility index (Phi) is 6.82. The molecular formula is C21H25N3O5. The van der Waals surface area contributed by atoms with Gasteiger partial charge in [0.25, 0.3) is 5.91 Å². The minimum absolute atomic E-state index is 0.270. The Morgan fingerprint density at radius 3 is 2.10 bits per heavy atom. The van der Waals surface area contributed by atoms with Crippen LogP contribution in [0.1, 0.15) is 38.1 Å². The van der Waals surface area contributed by atoms with Gasteiger partial charge in [-0.15, -0.1) is 0 Å². The molecule has 2 aromatic rings. The van der Waals surface area contributed by atoms with Crippen LogP contribution in [-0.4, -0.2) is 35.3 Å². The molecule has 8 heteroatoms. The average Bonchev–Trinajstić information content (AvgIpc) is 2.62. The summed E-state index contributed by atoms with van der Waals surface area (Å²) in [5.41, 5.74) is 1.21. The summed E-state index contributed by atoms with van der Waals surface area (Å²) in [5.74, 6) is -0.374. The van der Waals surface area contributed by atoms with Crippen LogP contribution in [0.25, 0.3) is 0 Å². The minimum Gasteiger partial charge on any atom is -0.465 e. The lowest BCUT2D eigenvalue weighted by atomic mass is 10.1. The lowest BCUT2D eigenvalue weighted by molar-refractivity contribution is 0.0635. The van der Waals surface area contributed by atoms with Gasteiger partial charge in [0.05, 0.1) is 0 Å². The number of carbonyl (C=O) groups excluding carboxylic acids is 2. The Hall–Kier alpha value is -3.55. The summed E-state index contributed by atoms with van der Waals surface area (Å²) in [6.45, 7) is 7.31. The van der Waals surface area contributed by atoms with Crippen molar-refractivity contribution in [3.8, 4) is 0 Å². The molecule has 0 heterocycles. The fourth-order valence-corrected chi connectivity index (χ4v) is 2.50. The predicted molar refractivity (Wildman–Crippen MR) is 112 cm³/mol. The Balaban J connectivity index is 2.04. The van der Waals surface area contributed by atoms with Crippen molar-refractivity contribution in [2.24, 2.45) is 0 Å². The highest BCUT2D eigenvalue weighted by molar-refractivity contribution is 6.05. The van der Waals surface area contributed by atoms with Gasteiger partial charge in [0.15, 0.2) is 0 Å². The maximum Gasteiger partial charge on any atom is 0.412 e. The first-order chi connectivity index (χ1) is 13.6. The van der Waals surface area contributed by atoms with Crippen LogP contribution in [0.4, 0.5) is 26.7 Å². The number of nitrogens with zero attached hydrogens (tertiary/aromatic N) is 1. The zero-order valence-electron chi connectivity index (χ0n) is 16.9. The van der Waals surface area contributed by atoms with Crippen LogP contribution < -0.4 is 15.5 Å². The normalized spacial score (nSPS) is 10.8. The van der Waals surface area contributed by atoms with E-state index in [0.29, 0.717) is 22.6 Å². The Morgan fingerprint density at radius 2 is 1.59 bits per heavy atom. The number of benzene rings is 2. The second kappa shape index (κ2) is 9.09. The molecule has 3 N–H and O–H groups in total. The fourth-order valence-electron chi connectivity index (χ4n) is 2.50. The number of hydrogen-bond acceptors (Lipinski definition) is 4. The third-order valence-corrected chi connectivity index (χ3v) is 3.76. The maximum absolute atomic E-state index is 12.5. The predicted octanol–water partition coefficient (Wildman–Crippen LogP) is 4.79. The summed E-state index contributed by atoms with van der Waals surface area (Å²) in [6.07, 6.45) is -1.65. The smallest absolute Gasteiger partial charge is 0.412 e. The second-order valence-electron chi connectivity index (χ2n) is 7.24. The average molecular weight is 399 g/mol. The van der Waals surface area contributed by atoms with Gasteiger partial charge in [-0.2, -0.15) is 0 Å². The highest BCUT2D eigenvalue weighted by Gasteiger charge is 2.17. The number of ether oxygens (including phenoxy) is 1. The van der Waals surface area contributed by atoms with E-state index in [4.69, 9.17) is 4.74 Å². The van der Waals surface area contributed by atoms with Crippen molar-refractivity contribution >= 4 is 35.2 Å². The van der Waals surface area contributed by atoms with Crippen LogP contribution in [-0.2, 0) is 4.74 Å². The summed E-state index contributed by atoms with van der Waals surface area (Å²) in [6, 6.07) is 12.9. The zero-order valence-corrected chi connectivity index (χ0v) is 16.9. The van der Waals surface area contributed by atoms with Crippen molar-refractivity contribution < 1.29 is 24.2 Å². The van der Waals surface area contributed by atoms with Crippen LogP contribution in [0.5, 0.6) is 0 Å². The number of amides is 3. The summed E-state index contributed by atoms with van der Waals surface area (Å²) < 4.78 is 5.19. The highest BCUT2D eigenvalue weighted by atomic mass is 16.6. The number of carboxylic acid groups (broad SMARTS) is 1. The van der Waals surface area contributed by atoms with Gasteiger partial charge >= 0.3 is 12.2 Å². The largest absolute Gasteiger partial charge is 0.465 e. The van der Waals surface area contributed by atoms with Gasteiger partial charge in [0.1, 0.15) is 5.60 Å². The first-order valence-corrected chi connectivity index (χ1v) is 9.11. The first kappa shape index (κ1) is 21.7. The van der Waals surface area contributed by atoms with Gasteiger partial charge in [0, 0.05) is 29.2 Å². The van der Waals surface area contributed by atoms with Crippen LogP contribution in [0, 0.1) is 0 Å². The summed E-state index contributed by atoms with van der Waals surface area (Å²) in [4.78, 5) is 36.7. The van der Waals surface area contributed by atoms with Gasteiger partial charge in [-0.25, -0.2) is 9.59 Å². The van der Waals surface area contributed by atoms with Gasteiger partial charge < -0.3 is 15.2 Å². The van der Waals surface area contributed by atoms with E-state index in [2.05, 4.69) is 10.6 Å². The van der Waals surface area contributed by atoms with E-state index in [0.717, 1.165) is 4.90 Å².